The van der Waals surface area contributed by atoms with Gasteiger partial charge in [0.05, 0.1) is 0 Å². The van der Waals surface area contributed by atoms with Gasteiger partial charge in [0.15, 0.2) is 0 Å². The first-order valence-electron chi connectivity index (χ1n) is 10.3. The van der Waals surface area contributed by atoms with Gasteiger partial charge in [0, 0.05) is 43.4 Å². The minimum Gasteiger partial charge on any atom is -0.382 e. The highest BCUT2D eigenvalue weighted by atomic mass is 32.1. The van der Waals surface area contributed by atoms with Crippen molar-refractivity contribution < 1.29 is 0 Å². The molecule has 0 fully saturated rings. The summed E-state index contributed by atoms with van der Waals surface area (Å²) in [6.07, 6.45) is 4.87. The lowest BCUT2D eigenvalue weighted by atomic mass is 9.89. The summed E-state index contributed by atoms with van der Waals surface area (Å²) in [4.78, 5) is 0. The van der Waals surface area contributed by atoms with Gasteiger partial charge >= 0.3 is 0 Å². The minimum atomic E-state index is 0.421. The predicted molar refractivity (Wildman–Crippen MR) is 123 cm³/mol. The number of aryl methyl sites for hydroxylation is 1. The zero-order chi connectivity index (χ0) is 18.8. The van der Waals surface area contributed by atoms with Gasteiger partial charge in [-0.25, -0.2) is 0 Å². The zero-order valence-electron chi connectivity index (χ0n) is 16.3. The lowest BCUT2D eigenvalue weighted by Gasteiger charge is -2.27. The average molecular weight is 382 g/mol. The van der Waals surface area contributed by atoms with Crippen molar-refractivity contribution in [2.75, 3.05) is 5.32 Å². The summed E-state index contributed by atoms with van der Waals surface area (Å²) in [7, 11) is 0. The second-order valence-electron chi connectivity index (χ2n) is 8.29. The lowest BCUT2D eigenvalue weighted by Crippen LogP contribution is -2.26. The van der Waals surface area contributed by atoms with Crippen molar-refractivity contribution in [1.29, 1.82) is 0 Å². The van der Waals surface area contributed by atoms with Crippen LogP contribution in [-0.4, -0.2) is 6.04 Å². The molecule has 1 nitrogen and oxygen atoms in total. The third-order valence-corrected chi connectivity index (χ3v) is 7.56. The van der Waals surface area contributed by atoms with E-state index in [1.807, 2.05) is 11.3 Å². The number of nitrogens with one attached hydrogen (secondary N) is 1. The van der Waals surface area contributed by atoms with Crippen LogP contribution >= 0.6 is 11.3 Å². The molecule has 1 N–H and O–H groups in total. The molecular formula is C26H23NS. The van der Waals surface area contributed by atoms with E-state index in [0.29, 0.717) is 12.0 Å². The van der Waals surface area contributed by atoms with Crippen LogP contribution in [0.25, 0.3) is 31.8 Å². The van der Waals surface area contributed by atoms with Crippen LogP contribution in [0.4, 0.5) is 5.69 Å². The number of hydrogen-bond donors (Lipinski definition) is 1. The van der Waals surface area contributed by atoms with Crippen molar-refractivity contribution in [3.05, 3.63) is 76.2 Å². The van der Waals surface area contributed by atoms with Crippen molar-refractivity contribution >= 4 is 48.8 Å². The summed E-state index contributed by atoms with van der Waals surface area (Å²) in [6, 6.07) is 20.9. The van der Waals surface area contributed by atoms with Crippen molar-refractivity contribution in [2.24, 2.45) is 5.92 Å². The molecule has 4 aromatic rings. The normalized spacial score (nSPS) is 20.7. The van der Waals surface area contributed by atoms with Crippen LogP contribution in [0.5, 0.6) is 0 Å². The maximum absolute atomic E-state index is 3.79. The number of rotatable bonds is 1. The quantitative estimate of drug-likeness (QED) is 0.463. The van der Waals surface area contributed by atoms with Crippen LogP contribution in [0.2, 0.25) is 0 Å². The van der Waals surface area contributed by atoms with Gasteiger partial charge in [-0.3, -0.25) is 0 Å². The van der Waals surface area contributed by atoms with E-state index in [1.54, 1.807) is 0 Å². The Morgan fingerprint density at radius 2 is 1.82 bits per heavy atom. The summed E-state index contributed by atoms with van der Waals surface area (Å²) in [6.45, 7) is 4.64. The molecule has 0 radical (unpaired) electrons. The molecule has 2 heteroatoms. The molecule has 1 aromatic heterocycles. The van der Waals surface area contributed by atoms with Crippen molar-refractivity contribution in [2.45, 2.75) is 32.7 Å². The third-order valence-electron chi connectivity index (χ3n) is 6.42. The van der Waals surface area contributed by atoms with Crippen molar-refractivity contribution in [3.8, 4) is 0 Å². The summed E-state index contributed by atoms with van der Waals surface area (Å²) < 4.78 is 2.78. The van der Waals surface area contributed by atoms with Crippen LogP contribution in [0.3, 0.4) is 0 Å². The monoisotopic (exact) mass is 381 g/mol. The van der Waals surface area contributed by atoms with E-state index in [2.05, 4.69) is 79.8 Å². The van der Waals surface area contributed by atoms with Gasteiger partial charge < -0.3 is 5.32 Å². The Balaban J connectivity index is 1.71. The first-order valence-corrected chi connectivity index (χ1v) is 11.1. The molecule has 0 saturated heterocycles. The first-order chi connectivity index (χ1) is 13.7. The highest BCUT2D eigenvalue weighted by Crippen LogP contribution is 2.37. The number of para-hydroxylation sites is 1. The highest BCUT2D eigenvalue weighted by molar-refractivity contribution is 7.25. The maximum atomic E-state index is 3.79. The van der Waals surface area contributed by atoms with Crippen LogP contribution in [0.1, 0.15) is 31.4 Å². The van der Waals surface area contributed by atoms with Gasteiger partial charge in [-0.2, -0.15) is 0 Å². The molecular weight excluding hydrogens is 358 g/mol. The van der Waals surface area contributed by atoms with E-state index in [9.17, 15) is 0 Å². The Morgan fingerprint density at radius 3 is 2.75 bits per heavy atom. The van der Waals surface area contributed by atoms with E-state index in [0.717, 1.165) is 0 Å². The molecule has 3 aromatic carbocycles. The molecule has 1 aliphatic heterocycles. The number of benzene rings is 3. The second-order valence-corrected chi connectivity index (χ2v) is 9.37. The summed E-state index contributed by atoms with van der Waals surface area (Å²) in [5.41, 5.74) is 5.70. The fraction of sp³-hybridized carbons (Fsp3) is 0.231. The second kappa shape index (κ2) is 5.96. The fourth-order valence-electron chi connectivity index (χ4n) is 5.11. The first kappa shape index (κ1) is 16.4. The SMILES string of the molecule is CC1CCc2cccc(C3=c4ccc5sc6ccccc6c5c4=CC3C)c2N1. The molecule has 6 rings (SSSR count). The van der Waals surface area contributed by atoms with Crippen LogP contribution < -0.4 is 15.8 Å². The van der Waals surface area contributed by atoms with E-state index in [-0.39, 0.29) is 0 Å². The van der Waals surface area contributed by atoms with Crippen LogP contribution in [-0.2, 0) is 6.42 Å². The van der Waals surface area contributed by atoms with Gasteiger partial charge in [-0.15, -0.1) is 11.3 Å². The van der Waals surface area contributed by atoms with Crippen molar-refractivity contribution in [3.63, 3.8) is 0 Å². The average Bonchev–Trinajstić information content (AvgIpc) is 3.24. The predicted octanol–water partition coefficient (Wildman–Crippen LogP) is 5.43. The standard InChI is InChI=1S/C26H23NS/c1-15-14-21-18(12-13-23-25(21)19-7-3-4-9-22(19)28-23)24(15)20-8-5-6-17-11-10-16(2)27-26(17)20/h3-9,12-16,27H,10-11H2,1-2H3. The molecule has 2 heterocycles. The highest BCUT2D eigenvalue weighted by Gasteiger charge is 2.24. The molecule has 2 aliphatic rings. The fourth-order valence-corrected chi connectivity index (χ4v) is 6.24. The number of hydrogen-bond acceptors (Lipinski definition) is 2. The maximum Gasteiger partial charge on any atom is 0.0451 e. The van der Waals surface area contributed by atoms with E-state index < -0.39 is 0 Å². The zero-order valence-corrected chi connectivity index (χ0v) is 17.1. The lowest BCUT2D eigenvalue weighted by molar-refractivity contribution is 0.680. The topological polar surface area (TPSA) is 12.0 Å². The molecule has 1 aliphatic carbocycles. The number of fused-ring (bicyclic) bond motifs is 6. The molecule has 2 unspecified atom stereocenters. The van der Waals surface area contributed by atoms with Crippen LogP contribution in [0.15, 0.2) is 54.6 Å². The van der Waals surface area contributed by atoms with Gasteiger partial charge in [0.1, 0.15) is 0 Å². The Labute approximate surface area is 169 Å². The molecule has 0 bridgehead atoms. The minimum absolute atomic E-state index is 0.421. The Bertz CT molecular complexity index is 1380. The largest absolute Gasteiger partial charge is 0.382 e. The van der Waals surface area contributed by atoms with E-state index >= 15 is 0 Å². The van der Waals surface area contributed by atoms with Gasteiger partial charge in [-0.05, 0) is 53.5 Å². The van der Waals surface area contributed by atoms with Gasteiger partial charge in [-0.1, -0.05) is 55.5 Å². The van der Waals surface area contributed by atoms with Gasteiger partial charge in [0.25, 0.3) is 0 Å². The Hall–Kier alpha value is -2.58. The number of thiophene rings is 1. The van der Waals surface area contributed by atoms with Crippen LogP contribution in [0, 0.1) is 5.92 Å². The summed E-state index contributed by atoms with van der Waals surface area (Å²) in [5, 5.41) is 9.46. The molecule has 0 amide bonds. The Morgan fingerprint density at radius 1 is 0.929 bits per heavy atom. The Kier molecular flexibility index (Phi) is 3.48. The summed E-state index contributed by atoms with van der Waals surface area (Å²) in [5.74, 6) is 0.421. The number of anilines is 1. The molecule has 2 atom stereocenters. The third kappa shape index (κ3) is 2.24. The molecule has 0 spiro atoms. The smallest absolute Gasteiger partial charge is 0.0451 e. The molecule has 0 saturated carbocycles. The van der Waals surface area contributed by atoms with E-state index in [1.165, 1.54) is 65.8 Å². The van der Waals surface area contributed by atoms with Gasteiger partial charge in [0.2, 0.25) is 0 Å². The van der Waals surface area contributed by atoms with Crippen molar-refractivity contribution in [1.82, 2.24) is 0 Å². The molecule has 28 heavy (non-hydrogen) atoms. The molecule has 138 valence electrons. The van der Waals surface area contributed by atoms with E-state index in [4.69, 9.17) is 0 Å². The summed E-state index contributed by atoms with van der Waals surface area (Å²) >= 11 is 1.91.